The average molecular weight is 406 g/mol. The molecule has 0 aliphatic heterocycles. The van der Waals surface area contributed by atoms with Crippen molar-refractivity contribution in [3.8, 4) is 16.9 Å². The second-order valence-corrected chi connectivity index (χ2v) is 6.60. The topological polar surface area (TPSA) is 90.8 Å². The Morgan fingerprint density at radius 2 is 1.69 bits per heavy atom. The van der Waals surface area contributed by atoms with Crippen molar-refractivity contribution >= 4 is 12.0 Å². The second-order valence-electron chi connectivity index (χ2n) is 6.60. The Morgan fingerprint density at radius 3 is 2.17 bits per heavy atom. The van der Waals surface area contributed by atoms with Crippen LogP contribution in [0.25, 0.3) is 17.2 Å². The highest BCUT2D eigenvalue weighted by Gasteiger charge is 2.44. The van der Waals surface area contributed by atoms with Crippen molar-refractivity contribution < 1.29 is 28.6 Å². The van der Waals surface area contributed by atoms with Crippen LogP contribution in [0.3, 0.4) is 0 Å². The SMILES string of the molecule is COc1ccc(-c2ccc(/C=C/CNC(C(=O)NO)C(C)(O)C(F)F)cc2)cc1. The number of carbonyl (C=O) groups excluding carboxylic acids is 1. The molecule has 0 heterocycles. The van der Waals surface area contributed by atoms with E-state index in [1.165, 1.54) is 5.48 Å². The summed E-state index contributed by atoms with van der Waals surface area (Å²) in [7, 11) is 1.61. The Kier molecular flexibility index (Phi) is 7.83. The fourth-order valence-corrected chi connectivity index (χ4v) is 2.71. The summed E-state index contributed by atoms with van der Waals surface area (Å²) >= 11 is 0. The van der Waals surface area contributed by atoms with Gasteiger partial charge in [0.2, 0.25) is 0 Å². The van der Waals surface area contributed by atoms with Gasteiger partial charge in [0, 0.05) is 6.54 Å². The van der Waals surface area contributed by atoms with Crippen LogP contribution >= 0.6 is 0 Å². The largest absolute Gasteiger partial charge is 0.497 e. The third-order valence-electron chi connectivity index (χ3n) is 4.48. The van der Waals surface area contributed by atoms with Gasteiger partial charge in [0.25, 0.3) is 12.3 Å². The zero-order valence-corrected chi connectivity index (χ0v) is 16.1. The van der Waals surface area contributed by atoms with Crippen molar-refractivity contribution in [1.29, 1.82) is 0 Å². The van der Waals surface area contributed by atoms with Crippen LogP contribution in [-0.4, -0.2) is 47.9 Å². The molecule has 29 heavy (non-hydrogen) atoms. The quantitative estimate of drug-likeness (QED) is 0.380. The molecular weight excluding hydrogens is 382 g/mol. The molecule has 8 heteroatoms. The molecule has 0 radical (unpaired) electrons. The van der Waals surface area contributed by atoms with Crippen molar-refractivity contribution in [2.75, 3.05) is 13.7 Å². The molecule has 6 nitrogen and oxygen atoms in total. The monoisotopic (exact) mass is 406 g/mol. The van der Waals surface area contributed by atoms with Crippen LogP contribution in [-0.2, 0) is 4.79 Å². The van der Waals surface area contributed by atoms with Gasteiger partial charge >= 0.3 is 0 Å². The molecule has 4 N–H and O–H groups in total. The lowest BCUT2D eigenvalue weighted by atomic mass is 9.96. The summed E-state index contributed by atoms with van der Waals surface area (Å²) in [6.45, 7) is 0.855. The molecule has 0 aliphatic carbocycles. The van der Waals surface area contributed by atoms with E-state index in [0.29, 0.717) is 0 Å². The smallest absolute Gasteiger partial charge is 0.268 e. The van der Waals surface area contributed by atoms with Crippen LogP contribution < -0.4 is 15.5 Å². The highest BCUT2D eigenvalue weighted by atomic mass is 19.3. The Hall–Kier alpha value is -2.81. The van der Waals surface area contributed by atoms with Gasteiger partial charge in [-0.1, -0.05) is 48.6 Å². The van der Waals surface area contributed by atoms with Crippen molar-refractivity contribution in [2.45, 2.75) is 25.0 Å². The van der Waals surface area contributed by atoms with E-state index in [2.05, 4.69) is 5.32 Å². The summed E-state index contributed by atoms with van der Waals surface area (Å²) in [6.07, 6.45) is 0.198. The molecule has 2 atom stereocenters. The molecule has 0 spiro atoms. The third-order valence-corrected chi connectivity index (χ3v) is 4.48. The zero-order chi connectivity index (χ0) is 21.4. The first-order valence-electron chi connectivity index (χ1n) is 8.88. The van der Waals surface area contributed by atoms with Crippen LogP contribution in [0.5, 0.6) is 5.75 Å². The van der Waals surface area contributed by atoms with Crippen LogP contribution in [0, 0.1) is 0 Å². The van der Waals surface area contributed by atoms with Crippen LogP contribution in [0.15, 0.2) is 54.6 Å². The van der Waals surface area contributed by atoms with E-state index in [1.54, 1.807) is 19.3 Å². The maximum absolute atomic E-state index is 13.0. The molecule has 2 aromatic carbocycles. The zero-order valence-electron chi connectivity index (χ0n) is 16.1. The van der Waals surface area contributed by atoms with Gasteiger partial charge < -0.3 is 9.84 Å². The number of halogens is 2. The molecule has 0 aliphatic rings. The van der Waals surface area contributed by atoms with Gasteiger partial charge in [-0.15, -0.1) is 0 Å². The number of hydroxylamine groups is 1. The number of alkyl halides is 2. The van der Waals surface area contributed by atoms with Crippen LogP contribution in [0.1, 0.15) is 12.5 Å². The molecule has 0 bridgehead atoms. The number of benzene rings is 2. The lowest BCUT2D eigenvalue weighted by Crippen LogP contribution is -2.60. The number of rotatable bonds is 9. The summed E-state index contributed by atoms with van der Waals surface area (Å²) < 4.78 is 31.1. The minimum absolute atomic E-state index is 0.0290. The Labute approximate surface area is 167 Å². The van der Waals surface area contributed by atoms with Crippen molar-refractivity contribution in [1.82, 2.24) is 10.8 Å². The van der Waals surface area contributed by atoms with E-state index >= 15 is 0 Å². The number of ether oxygens (including phenoxy) is 1. The molecule has 2 rings (SSSR count). The first-order valence-corrected chi connectivity index (χ1v) is 8.88. The van der Waals surface area contributed by atoms with E-state index in [9.17, 15) is 18.7 Å². The normalized spacial score (nSPS) is 14.6. The molecular formula is C21H24F2N2O4. The van der Waals surface area contributed by atoms with E-state index < -0.39 is 24.0 Å². The third kappa shape index (κ3) is 5.83. The van der Waals surface area contributed by atoms with Crippen molar-refractivity contribution in [2.24, 2.45) is 0 Å². The van der Waals surface area contributed by atoms with Crippen LogP contribution in [0.4, 0.5) is 8.78 Å². The molecule has 0 saturated carbocycles. The van der Waals surface area contributed by atoms with Gasteiger partial charge in [0.15, 0.2) is 0 Å². The molecule has 2 aromatic rings. The van der Waals surface area contributed by atoms with Gasteiger partial charge in [-0.3, -0.25) is 15.3 Å². The van der Waals surface area contributed by atoms with Crippen LogP contribution in [0.2, 0.25) is 0 Å². The molecule has 156 valence electrons. The standard InChI is InChI=1S/C21H24F2N2O4/c1-21(27,20(22)23)18(19(26)25-28)24-13-3-4-14-5-7-15(8-6-14)16-9-11-17(29-2)12-10-16/h3-12,18,20,24,27-28H,13H2,1-2H3,(H,25,26)/b4-3+. The van der Waals surface area contributed by atoms with E-state index in [4.69, 9.17) is 9.94 Å². The summed E-state index contributed by atoms with van der Waals surface area (Å²) in [6, 6.07) is 13.6. The van der Waals surface area contributed by atoms with Gasteiger partial charge in [0.05, 0.1) is 7.11 Å². The van der Waals surface area contributed by atoms with Gasteiger partial charge in [-0.05, 0) is 35.7 Å². The van der Waals surface area contributed by atoms with Gasteiger partial charge in [0.1, 0.15) is 17.4 Å². The molecule has 1 amide bonds. The summed E-state index contributed by atoms with van der Waals surface area (Å²) in [5.41, 5.74) is 1.58. The number of amides is 1. The number of hydrogen-bond acceptors (Lipinski definition) is 5. The fraction of sp³-hybridized carbons (Fsp3) is 0.286. The van der Waals surface area contributed by atoms with E-state index in [0.717, 1.165) is 29.4 Å². The first kappa shape index (κ1) is 22.5. The number of hydrogen-bond donors (Lipinski definition) is 4. The van der Waals surface area contributed by atoms with E-state index in [-0.39, 0.29) is 6.54 Å². The lowest BCUT2D eigenvalue weighted by molar-refractivity contribution is -0.150. The Balaban J connectivity index is 1.99. The summed E-state index contributed by atoms with van der Waals surface area (Å²) in [4.78, 5) is 11.6. The highest BCUT2D eigenvalue weighted by Crippen LogP contribution is 2.23. The number of methoxy groups -OCH3 is 1. The molecule has 0 aromatic heterocycles. The average Bonchev–Trinajstić information content (AvgIpc) is 2.73. The number of aliphatic hydroxyl groups is 1. The highest BCUT2D eigenvalue weighted by molar-refractivity contribution is 5.82. The summed E-state index contributed by atoms with van der Waals surface area (Å²) in [5.74, 6) is -0.368. The van der Waals surface area contributed by atoms with Gasteiger partial charge in [-0.25, -0.2) is 14.3 Å². The minimum atomic E-state index is -3.17. The predicted octanol–water partition coefficient (Wildman–Crippen LogP) is 2.86. The molecule has 0 saturated heterocycles. The summed E-state index contributed by atoms with van der Waals surface area (Å²) in [5, 5.41) is 21.0. The van der Waals surface area contributed by atoms with Gasteiger partial charge in [-0.2, -0.15) is 0 Å². The number of nitrogens with one attached hydrogen (secondary N) is 2. The Morgan fingerprint density at radius 1 is 1.14 bits per heavy atom. The predicted molar refractivity (Wildman–Crippen MR) is 106 cm³/mol. The molecule has 2 unspecified atom stereocenters. The lowest BCUT2D eigenvalue weighted by Gasteiger charge is -2.30. The second kappa shape index (κ2) is 10.1. The fourth-order valence-electron chi connectivity index (χ4n) is 2.71. The number of carbonyl (C=O) groups is 1. The maximum atomic E-state index is 13.0. The Bertz CT molecular complexity index is 822. The van der Waals surface area contributed by atoms with E-state index in [1.807, 2.05) is 48.5 Å². The molecule has 0 fully saturated rings. The maximum Gasteiger partial charge on any atom is 0.268 e. The van der Waals surface area contributed by atoms with Crippen molar-refractivity contribution in [3.63, 3.8) is 0 Å². The minimum Gasteiger partial charge on any atom is -0.497 e. The van der Waals surface area contributed by atoms with Crippen molar-refractivity contribution in [3.05, 3.63) is 60.2 Å². The first-order chi connectivity index (χ1) is 13.8.